The molecule has 0 unspecified atom stereocenters. The van der Waals surface area contributed by atoms with Crippen LogP contribution in [-0.2, 0) is 0 Å². The number of anilines is 1. The molecule has 0 bridgehead atoms. The third-order valence-corrected chi connectivity index (χ3v) is 3.63. The van der Waals surface area contributed by atoms with E-state index in [1.54, 1.807) is 30.3 Å². The second-order valence-electron chi connectivity index (χ2n) is 5.12. The number of para-hydroxylation sites is 2. The quantitative estimate of drug-likeness (QED) is 0.775. The number of amides is 1. The number of aromatic amines is 1. The molecule has 1 heterocycles. The fraction of sp³-hybridized carbons (Fsp3) is 0.0526. The van der Waals surface area contributed by atoms with Crippen molar-refractivity contribution in [3.63, 3.8) is 0 Å². The van der Waals surface area contributed by atoms with Crippen LogP contribution in [-0.4, -0.2) is 18.0 Å². The molecule has 0 radical (unpaired) electrons. The highest BCUT2D eigenvalue weighted by atomic mass is 16.5. The monoisotopic (exact) mass is 320 g/mol. The Balaban J connectivity index is 2.03. The molecule has 5 nitrogen and oxygen atoms in total. The van der Waals surface area contributed by atoms with Crippen LogP contribution >= 0.6 is 0 Å². The van der Waals surface area contributed by atoms with Crippen LogP contribution in [0.5, 0.6) is 5.75 Å². The van der Waals surface area contributed by atoms with Gasteiger partial charge in [0.2, 0.25) is 0 Å². The van der Waals surface area contributed by atoms with Crippen molar-refractivity contribution in [2.45, 2.75) is 0 Å². The number of rotatable bonds is 4. The van der Waals surface area contributed by atoms with Gasteiger partial charge in [0.15, 0.2) is 0 Å². The highest BCUT2D eigenvalue weighted by Crippen LogP contribution is 2.25. The van der Waals surface area contributed by atoms with E-state index in [2.05, 4.69) is 10.3 Å². The van der Waals surface area contributed by atoms with Gasteiger partial charge in [0, 0.05) is 11.8 Å². The fourth-order valence-corrected chi connectivity index (χ4v) is 2.49. The van der Waals surface area contributed by atoms with Crippen molar-refractivity contribution in [2.75, 3.05) is 12.4 Å². The Morgan fingerprint density at radius 2 is 1.71 bits per heavy atom. The number of ether oxygens (including phenoxy) is 1. The maximum absolute atomic E-state index is 12.7. The Morgan fingerprint density at radius 3 is 2.46 bits per heavy atom. The van der Waals surface area contributed by atoms with Crippen LogP contribution in [0, 0.1) is 0 Å². The van der Waals surface area contributed by atoms with E-state index in [0.717, 1.165) is 5.56 Å². The molecule has 3 rings (SSSR count). The summed E-state index contributed by atoms with van der Waals surface area (Å²) in [7, 11) is 1.52. The van der Waals surface area contributed by atoms with E-state index in [-0.39, 0.29) is 5.56 Å². The van der Waals surface area contributed by atoms with Gasteiger partial charge >= 0.3 is 0 Å². The first kappa shape index (κ1) is 15.6. The number of hydrogen-bond acceptors (Lipinski definition) is 3. The molecular weight excluding hydrogens is 304 g/mol. The van der Waals surface area contributed by atoms with E-state index in [4.69, 9.17) is 4.74 Å². The molecule has 0 spiro atoms. The van der Waals surface area contributed by atoms with Crippen LogP contribution in [0.25, 0.3) is 11.1 Å². The van der Waals surface area contributed by atoms with E-state index < -0.39 is 11.5 Å². The molecule has 2 aromatic carbocycles. The van der Waals surface area contributed by atoms with E-state index in [1.807, 2.05) is 30.3 Å². The SMILES string of the molecule is COc1ccccc1NC(=O)c1c(-c2ccccc2)cc[nH]c1=O. The van der Waals surface area contributed by atoms with Gasteiger partial charge in [0.25, 0.3) is 11.5 Å². The Bertz CT molecular complexity index is 917. The zero-order valence-electron chi connectivity index (χ0n) is 13.1. The van der Waals surface area contributed by atoms with Crippen molar-refractivity contribution in [3.8, 4) is 16.9 Å². The molecule has 0 aliphatic heterocycles. The van der Waals surface area contributed by atoms with Crippen LogP contribution < -0.4 is 15.6 Å². The molecule has 0 saturated carbocycles. The Hall–Kier alpha value is -3.34. The van der Waals surface area contributed by atoms with Gasteiger partial charge in [0.1, 0.15) is 11.3 Å². The van der Waals surface area contributed by atoms with Crippen LogP contribution in [0.3, 0.4) is 0 Å². The second-order valence-corrected chi connectivity index (χ2v) is 5.12. The molecule has 0 aliphatic rings. The van der Waals surface area contributed by atoms with Gasteiger partial charge in [-0.15, -0.1) is 0 Å². The lowest BCUT2D eigenvalue weighted by Crippen LogP contribution is -2.24. The average molecular weight is 320 g/mol. The number of carbonyl (C=O) groups excluding carboxylic acids is 1. The van der Waals surface area contributed by atoms with E-state index in [9.17, 15) is 9.59 Å². The number of carbonyl (C=O) groups is 1. The van der Waals surface area contributed by atoms with Crippen molar-refractivity contribution >= 4 is 11.6 Å². The summed E-state index contributed by atoms with van der Waals surface area (Å²) >= 11 is 0. The minimum atomic E-state index is -0.486. The molecule has 0 aliphatic carbocycles. The fourth-order valence-electron chi connectivity index (χ4n) is 2.49. The summed E-state index contributed by atoms with van der Waals surface area (Å²) in [6.07, 6.45) is 1.53. The lowest BCUT2D eigenvalue weighted by atomic mass is 10.0. The second kappa shape index (κ2) is 6.83. The number of hydrogen-bond donors (Lipinski definition) is 2. The molecule has 5 heteroatoms. The largest absolute Gasteiger partial charge is 0.495 e. The molecule has 0 atom stereocenters. The number of methoxy groups -OCH3 is 1. The summed E-state index contributed by atoms with van der Waals surface area (Å²) in [5.41, 5.74) is 1.51. The Labute approximate surface area is 138 Å². The summed E-state index contributed by atoms with van der Waals surface area (Å²) in [5, 5.41) is 2.74. The average Bonchev–Trinajstić information content (AvgIpc) is 2.62. The highest BCUT2D eigenvalue weighted by Gasteiger charge is 2.18. The minimum Gasteiger partial charge on any atom is -0.495 e. The molecule has 3 aromatic rings. The van der Waals surface area contributed by atoms with Crippen molar-refractivity contribution in [3.05, 3.63) is 82.8 Å². The van der Waals surface area contributed by atoms with Crippen molar-refractivity contribution in [2.24, 2.45) is 0 Å². The van der Waals surface area contributed by atoms with Crippen LogP contribution in [0.15, 0.2) is 71.7 Å². The van der Waals surface area contributed by atoms with Gasteiger partial charge in [0.05, 0.1) is 12.8 Å². The van der Waals surface area contributed by atoms with Gasteiger partial charge in [-0.3, -0.25) is 9.59 Å². The summed E-state index contributed by atoms with van der Waals surface area (Å²) in [4.78, 5) is 27.5. The van der Waals surface area contributed by atoms with Crippen molar-refractivity contribution in [1.29, 1.82) is 0 Å². The predicted octanol–water partition coefficient (Wildman–Crippen LogP) is 3.30. The van der Waals surface area contributed by atoms with E-state index in [1.165, 1.54) is 13.3 Å². The Morgan fingerprint density at radius 1 is 1.00 bits per heavy atom. The maximum Gasteiger partial charge on any atom is 0.262 e. The normalized spacial score (nSPS) is 10.2. The van der Waals surface area contributed by atoms with Gasteiger partial charge in [-0.1, -0.05) is 42.5 Å². The molecule has 120 valence electrons. The lowest BCUT2D eigenvalue weighted by molar-refractivity contribution is 0.102. The molecule has 1 aromatic heterocycles. The van der Waals surface area contributed by atoms with E-state index in [0.29, 0.717) is 17.0 Å². The number of pyridine rings is 1. The molecule has 24 heavy (non-hydrogen) atoms. The number of H-pyrrole nitrogens is 1. The molecule has 0 fully saturated rings. The first-order chi connectivity index (χ1) is 11.7. The summed E-state index contributed by atoms with van der Waals surface area (Å²) < 4.78 is 5.23. The minimum absolute atomic E-state index is 0.0645. The molecular formula is C19H16N2O3. The predicted molar refractivity (Wildman–Crippen MR) is 93.4 cm³/mol. The van der Waals surface area contributed by atoms with Crippen LogP contribution in [0.2, 0.25) is 0 Å². The number of nitrogens with one attached hydrogen (secondary N) is 2. The van der Waals surface area contributed by atoms with Gasteiger partial charge in [-0.2, -0.15) is 0 Å². The first-order valence-corrected chi connectivity index (χ1v) is 7.42. The zero-order chi connectivity index (χ0) is 16.9. The highest BCUT2D eigenvalue weighted by molar-refractivity contribution is 6.09. The third kappa shape index (κ3) is 3.05. The van der Waals surface area contributed by atoms with E-state index >= 15 is 0 Å². The first-order valence-electron chi connectivity index (χ1n) is 7.42. The summed E-state index contributed by atoms with van der Waals surface area (Å²) in [5.74, 6) is 0.0414. The van der Waals surface area contributed by atoms with Gasteiger partial charge in [-0.05, 0) is 23.8 Å². The number of benzene rings is 2. The standard InChI is InChI=1S/C19H16N2O3/c1-24-16-10-6-5-9-15(16)21-19(23)17-14(11-12-20-18(17)22)13-7-3-2-4-8-13/h2-12H,1H3,(H,20,22)(H,21,23). The Kier molecular flexibility index (Phi) is 4.43. The molecule has 2 N–H and O–H groups in total. The summed E-state index contributed by atoms with van der Waals surface area (Å²) in [6.45, 7) is 0. The smallest absolute Gasteiger partial charge is 0.262 e. The van der Waals surface area contributed by atoms with Crippen LogP contribution in [0.4, 0.5) is 5.69 Å². The lowest BCUT2D eigenvalue weighted by Gasteiger charge is -2.12. The topological polar surface area (TPSA) is 71.2 Å². The van der Waals surface area contributed by atoms with Crippen molar-refractivity contribution in [1.82, 2.24) is 4.98 Å². The summed E-state index contributed by atoms with van der Waals surface area (Å²) in [6, 6.07) is 18.1. The van der Waals surface area contributed by atoms with Gasteiger partial charge in [-0.25, -0.2) is 0 Å². The molecule has 0 saturated heterocycles. The maximum atomic E-state index is 12.7. The van der Waals surface area contributed by atoms with Crippen LogP contribution in [0.1, 0.15) is 10.4 Å². The van der Waals surface area contributed by atoms with Gasteiger partial charge < -0.3 is 15.0 Å². The number of aromatic nitrogens is 1. The van der Waals surface area contributed by atoms with Crippen molar-refractivity contribution < 1.29 is 9.53 Å². The third-order valence-electron chi connectivity index (χ3n) is 3.63. The zero-order valence-corrected chi connectivity index (χ0v) is 13.1. The molecule has 1 amide bonds.